The second kappa shape index (κ2) is 10.8. The number of carbonyl (C=O) groups is 1. The van der Waals surface area contributed by atoms with E-state index >= 15 is 0 Å². The fourth-order valence-electron chi connectivity index (χ4n) is 4.48. The van der Waals surface area contributed by atoms with E-state index in [4.69, 9.17) is 35.3 Å². The van der Waals surface area contributed by atoms with Crippen LogP contribution >= 0.6 is 11.6 Å². The van der Waals surface area contributed by atoms with Crippen molar-refractivity contribution in [1.82, 2.24) is 4.98 Å². The molecule has 2 aromatic rings. The lowest BCUT2D eigenvalue weighted by Gasteiger charge is -2.33. The number of aromatic nitrogens is 1. The van der Waals surface area contributed by atoms with Gasteiger partial charge < -0.3 is 28.8 Å². The fourth-order valence-corrected chi connectivity index (χ4v) is 4.76. The molecule has 0 radical (unpaired) electrons. The van der Waals surface area contributed by atoms with Gasteiger partial charge in [0.1, 0.15) is 10.8 Å². The number of aliphatic carboxylic acids is 1. The van der Waals surface area contributed by atoms with Crippen molar-refractivity contribution in [3.63, 3.8) is 0 Å². The molecule has 1 aromatic carbocycles. The second-order valence-electron chi connectivity index (χ2n) is 8.64. The van der Waals surface area contributed by atoms with Gasteiger partial charge in [0.2, 0.25) is 17.4 Å². The van der Waals surface area contributed by atoms with Crippen molar-refractivity contribution < 1.29 is 33.6 Å². The van der Waals surface area contributed by atoms with E-state index in [0.29, 0.717) is 48.6 Å². The summed E-state index contributed by atoms with van der Waals surface area (Å²) in [5.41, 5.74) is 1.33. The molecular weight excluding hydrogens is 462 g/mol. The Kier molecular flexibility index (Phi) is 7.80. The quantitative estimate of drug-likeness (QED) is 0.551. The molecule has 3 heterocycles. The first-order chi connectivity index (χ1) is 16.5. The van der Waals surface area contributed by atoms with Crippen molar-refractivity contribution in [3.05, 3.63) is 34.9 Å². The van der Waals surface area contributed by atoms with Crippen LogP contribution in [0.4, 0.5) is 0 Å². The van der Waals surface area contributed by atoms with Crippen molar-refractivity contribution in [2.45, 2.75) is 37.7 Å². The van der Waals surface area contributed by atoms with Crippen molar-refractivity contribution in [2.75, 3.05) is 40.6 Å². The van der Waals surface area contributed by atoms with Crippen LogP contribution in [-0.4, -0.2) is 62.3 Å². The molecule has 2 saturated heterocycles. The minimum absolute atomic E-state index is 0.276. The molecule has 2 aliphatic rings. The number of hydrogen-bond donors (Lipinski definition) is 1. The first-order valence-electron chi connectivity index (χ1n) is 11.5. The topological polar surface area (TPSA) is 96.3 Å². The largest absolute Gasteiger partial charge is 0.481 e. The van der Waals surface area contributed by atoms with Gasteiger partial charge in [0.25, 0.3) is 0 Å². The summed E-state index contributed by atoms with van der Waals surface area (Å²) < 4.78 is 27.7. The number of carboxylic acids is 1. The molecule has 1 atom stereocenters. The average Bonchev–Trinajstić information content (AvgIpc) is 3.37. The molecule has 1 aromatic heterocycles. The van der Waals surface area contributed by atoms with E-state index < -0.39 is 11.6 Å². The number of pyridine rings is 1. The van der Waals surface area contributed by atoms with Crippen LogP contribution in [0.2, 0.25) is 5.02 Å². The Bertz CT molecular complexity index is 1020. The SMILES string of the molecule is COc1cc(-c2ccc(OC3(C(=O)O)CCOCC3)cc2CC[C@H]2CCOC2)c(Cl)c(OC)n1. The minimum Gasteiger partial charge on any atom is -0.481 e. The van der Waals surface area contributed by atoms with E-state index in [2.05, 4.69) is 4.98 Å². The molecule has 0 aliphatic carbocycles. The summed E-state index contributed by atoms with van der Waals surface area (Å²) in [6, 6.07) is 7.39. The maximum atomic E-state index is 12.1. The number of benzene rings is 1. The zero-order valence-corrected chi connectivity index (χ0v) is 20.2. The van der Waals surface area contributed by atoms with Gasteiger partial charge in [-0.3, -0.25) is 0 Å². The number of ether oxygens (including phenoxy) is 5. The zero-order valence-electron chi connectivity index (χ0n) is 19.5. The molecule has 9 heteroatoms. The van der Waals surface area contributed by atoms with Crippen LogP contribution in [0.1, 0.15) is 31.2 Å². The minimum atomic E-state index is -1.29. The standard InChI is InChI=1S/C25H30ClNO7/c1-30-21-14-20(22(26)23(27-21)31-2)19-6-5-18(13-17(19)4-3-16-7-10-33-15-16)34-25(24(28)29)8-11-32-12-9-25/h5-6,13-14,16H,3-4,7-12,15H2,1-2H3,(H,28,29)/t16-/m0/s1. The molecule has 0 unspecified atom stereocenters. The molecule has 34 heavy (non-hydrogen) atoms. The number of halogens is 1. The van der Waals surface area contributed by atoms with Gasteiger partial charge in [-0.25, -0.2) is 4.79 Å². The molecule has 8 nitrogen and oxygen atoms in total. The zero-order chi connectivity index (χ0) is 24.1. The number of hydrogen-bond acceptors (Lipinski definition) is 7. The van der Waals surface area contributed by atoms with E-state index in [1.807, 2.05) is 12.1 Å². The third-order valence-electron chi connectivity index (χ3n) is 6.52. The first kappa shape index (κ1) is 24.6. The van der Waals surface area contributed by atoms with Gasteiger partial charge in [-0.05, 0) is 48.4 Å². The highest BCUT2D eigenvalue weighted by Crippen LogP contribution is 2.40. The highest BCUT2D eigenvalue weighted by atomic mass is 35.5. The molecule has 4 rings (SSSR count). The number of nitrogens with zero attached hydrogens (tertiary/aromatic N) is 1. The van der Waals surface area contributed by atoms with Crippen molar-refractivity contribution >= 4 is 17.6 Å². The van der Waals surface area contributed by atoms with E-state index in [1.165, 1.54) is 14.2 Å². The monoisotopic (exact) mass is 491 g/mol. The molecule has 0 spiro atoms. The smallest absolute Gasteiger partial charge is 0.348 e. The predicted molar refractivity (Wildman–Crippen MR) is 126 cm³/mol. The third kappa shape index (κ3) is 5.24. The number of methoxy groups -OCH3 is 2. The molecule has 2 fully saturated rings. The second-order valence-corrected chi connectivity index (χ2v) is 9.01. The van der Waals surface area contributed by atoms with Gasteiger partial charge in [0.15, 0.2) is 0 Å². The van der Waals surface area contributed by atoms with Crippen LogP contribution in [-0.2, 0) is 20.7 Å². The van der Waals surface area contributed by atoms with Crippen molar-refractivity contribution in [3.8, 4) is 28.6 Å². The summed E-state index contributed by atoms with van der Waals surface area (Å²) >= 11 is 6.64. The molecule has 0 bridgehead atoms. The number of carboxylic acid groups (broad SMARTS) is 1. The molecule has 2 aliphatic heterocycles. The Hall–Kier alpha value is -2.55. The van der Waals surface area contributed by atoms with Gasteiger partial charge in [-0.15, -0.1) is 0 Å². The summed E-state index contributed by atoms with van der Waals surface area (Å²) in [6.45, 7) is 2.25. The fraction of sp³-hybridized carbons (Fsp3) is 0.520. The third-order valence-corrected chi connectivity index (χ3v) is 6.89. The van der Waals surface area contributed by atoms with E-state index in [9.17, 15) is 9.90 Å². The Labute approximate surface area is 204 Å². The van der Waals surface area contributed by atoms with Crippen LogP contribution in [0.25, 0.3) is 11.1 Å². The summed E-state index contributed by atoms with van der Waals surface area (Å²) in [7, 11) is 3.05. The van der Waals surface area contributed by atoms with Gasteiger partial charge in [0.05, 0.1) is 27.4 Å². The highest BCUT2D eigenvalue weighted by Gasteiger charge is 2.43. The predicted octanol–water partition coefficient (Wildman–Crippen LogP) is 4.40. The van der Waals surface area contributed by atoms with Crippen LogP contribution in [0, 0.1) is 5.92 Å². The normalized spacial score (nSPS) is 19.6. The van der Waals surface area contributed by atoms with Crippen LogP contribution in [0.5, 0.6) is 17.5 Å². The molecule has 0 amide bonds. The van der Waals surface area contributed by atoms with E-state index in [0.717, 1.165) is 49.2 Å². The highest BCUT2D eigenvalue weighted by molar-refractivity contribution is 6.34. The van der Waals surface area contributed by atoms with Crippen LogP contribution in [0.15, 0.2) is 24.3 Å². The summed E-state index contributed by atoms with van der Waals surface area (Å²) in [4.78, 5) is 16.4. The van der Waals surface area contributed by atoms with Crippen molar-refractivity contribution in [2.24, 2.45) is 5.92 Å². The molecule has 184 valence electrons. The summed E-state index contributed by atoms with van der Waals surface area (Å²) in [6.07, 6.45) is 3.32. The van der Waals surface area contributed by atoms with Crippen LogP contribution < -0.4 is 14.2 Å². The van der Waals surface area contributed by atoms with E-state index in [1.54, 1.807) is 12.1 Å². The van der Waals surface area contributed by atoms with Gasteiger partial charge >= 0.3 is 5.97 Å². The lowest BCUT2D eigenvalue weighted by Crippen LogP contribution is -2.49. The molecule has 0 saturated carbocycles. The average molecular weight is 492 g/mol. The van der Waals surface area contributed by atoms with Crippen molar-refractivity contribution in [1.29, 1.82) is 0 Å². The van der Waals surface area contributed by atoms with Gasteiger partial charge in [-0.2, -0.15) is 4.98 Å². The molecule has 1 N–H and O–H groups in total. The maximum Gasteiger partial charge on any atom is 0.348 e. The van der Waals surface area contributed by atoms with Gasteiger partial charge in [0, 0.05) is 37.7 Å². The maximum absolute atomic E-state index is 12.1. The lowest BCUT2D eigenvalue weighted by atomic mass is 9.92. The number of aryl methyl sites for hydroxylation is 1. The Morgan fingerprint density at radius 1 is 1.15 bits per heavy atom. The first-order valence-corrected chi connectivity index (χ1v) is 11.8. The Morgan fingerprint density at radius 3 is 2.59 bits per heavy atom. The summed E-state index contributed by atoms with van der Waals surface area (Å²) in [5.74, 6) is 0.679. The van der Waals surface area contributed by atoms with Gasteiger partial charge in [-0.1, -0.05) is 17.7 Å². The Morgan fingerprint density at radius 2 is 1.94 bits per heavy atom. The molecular formula is C25H30ClNO7. The Balaban J connectivity index is 1.72. The summed E-state index contributed by atoms with van der Waals surface area (Å²) in [5, 5.41) is 10.3. The number of rotatable bonds is 9. The van der Waals surface area contributed by atoms with E-state index in [-0.39, 0.29) is 5.88 Å². The van der Waals surface area contributed by atoms with Crippen LogP contribution in [0.3, 0.4) is 0 Å². The lowest BCUT2D eigenvalue weighted by molar-refractivity contribution is -0.163.